The SMILES string of the molecule is CCC(C)C(Br)C#N. The molecule has 2 atom stereocenters. The van der Waals surface area contributed by atoms with E-state index in [1.807, 2.05) is 0 Å². The van der Waals surface area contributed by atoms with E-state index in [1.54, 1.807) is 0 Å². The topological polar surface area (TPSA) is 23.8 Å². The molecule has 0 aliphatic rings. The highest BCUT2D eigenvalue weighted by Crippen LogP contribution is 2.13. The number of halogens is 1. The zero-order valence-electron chi connectivity index (χ0n) is 5.19. The molecule has 2 heteroatoms. The second-order valence-corrected chi connectivity index (χ2v) is 2.90. The summed E-state index contributed by atoms with van der Waals surface area (Å²) in [6, 6.07) is 2.13. The van der Waals surface area contributed by atoms with Gasteiger partial charge >= 0.3 is 0 Å². The molecule has 0 saturated carbocycles. The standard InChI is InChI=1S/C6H10BrN/c1-3-5(2)6(7)4-8/h5-6H,3H2,1-2H3. The number of rotatable bonds is 2. The highest BCUT2D eigenvalue weighted by molar-refractivity contribution is 9.09. The summed E-state index contributed by atoms with van der Waals surface area (Å²) < 4.78 is 0. The monoisotopic (exact) mass is 175 g/mol. The van der Waals surface area contributed by atoms with Crippen LogP contribution in [0.4, 0.5) is 0 Å². The zero-order valence-corrected chi connectivity index (χ0v) is 6.77. The van der Waals surface area contributed by atoms with Crippen molar-refractivity contribution in [1.29, 1.82) is 5.26 Å². The Labute approximate surface area is 58.8 Å². The van der Waals surface area contributed by atoms with Crippen LogP contribution in [0.2, 0.25) is 0 Å². The van der Waals surface area contributed by atoms with Gasteiger partial charge in [-0.2, -0.15) is 5.26 Å². The molecule has 8 heavy (non-hydrogen) atoms. The van der Waals surface area contributed by atoms with Crippen LogP contribution in [-0.2, 0) is 0 Å². The van der Waals surface area contributed by atoms with Crippen molar-refractivity contribution in [1.82, 2.24) is 0 Å². The van der Waals surface area contributed by atoms with Crippen LogP contribution in [-0.4, -0.2) is 4.83 Å². The van der Waals surface area contributed by atoms with Gasteiger partial charge in [0.2, 0.25) is 0 Å². The quantitative estimate of drug-likeness (QED) is 0.592. The molecule has 0 radical (unpaired) electrons. The second kappa shape index (κ2) is 3.91. The minimum Gasteiger partial charge on any atom is -0.197 e. The number of hydrogen-bond acceptors (Lipinski definition) is 1. The van der Waals surface area contributed by atoms with Gasteiger partial charge in [0.1, 0.15) is 4.83 Å². The van der Waals surface area contributed by atoms with Gasteiger partial charge in [0.25, 0.3) is 0 Å². The van der Waals surface area contributed by atoms with Crippen molar-refractivity contribution in [3.63, 3.8) is 0 Å². The van der Waals surface area contributed by atoms with Gasteiger partial charge in [-0.3, -0.25) is 0 Å². The van der Waals surface area contributed by atoms with Gasteiger partial charge in [-0.1, -0.05) is 36.2 Å². The van der Waals surface area contributed by atoms with Crippen LogP contribution in [0.3, 0.4) is 0 Å². The maximum atomic E-state index is 8.34. The Balaban J connectivity index is 3.49. The molecule has 1 nitrogen and oxygen atoms in total. The number of hydrogen-bond donors (Lipinski definition) is 0. The summed E-state index contributed by atoms with van der Waals surface area (Å²) in [5.41, 5.74) is 0. The summed E-state index contributed by atoms with van der Waals surface area (Å²) in [5, 5.41) is 8.34. The van der Waals surface area contributed by atoms with Crippen LogP contribution in [0.25, 0.3) is 0 Å². The van der Waals surface area contributed by atoms with Crippen LogP contribution >= 0.6 is 15.9 Å². The van der Waals surface area contributed by atoms with Gasteiger partial charge in [-0.15, -0.1) is 0 Å². The lowest BCUT2D eigenvalue weighted by molar-refractivity contribution is 0.595. The number of nitriles is 1. The Morgan fingerprint density at radius 2 is 2.25 bits per heavy atom. The van der Waals surface area contributed by atoms with E-state index in [1.165, 1.54) is 0 Å². The van der Waals surface area contributed by atoms with Crippen LogP contribution in [0, 0.1) is 17.2 Å². The lowest BCUT2D eigenvalue weighted by Crippen LogP contribution is -2.05. The Bertz CT molecular complexity index is 95.2. The molecule has 0 bridgehead atoms. The Kier molecular flexibility index (Phi) is 3.90. The summed E-state index contributed by atoms with van der Waals surface area (Å²) in [6.07, 6.45) is 1.06. The van der Waals surface area contributed by atoms with E-state index in [0.29, 0.717) is 5.92 Å². The minimum atomic E-state index is 0.0347. The summed E-state index contributed by atoms with van der Waals surface area (Å²) in [7, 11) is 0. The van der Waals surface area contributed by atoms with Gasteiger partial charge in [-0.25, -0.2) is 0 Å². The highest BCUT2D eigenvalue weighted by Gasteiger charge is 2.08. The molecule has 0 amide bonds. The van der Waals surface area contributed by atoms with Gasteiger partial charge < -0.3 is 0 Å². The smallest absolute Gasteiger partial charge is 0.104 e. The molecule has 0 N–H and O–H groups in total. The van der Waals surface area contributed by atoms with Crippen LogP contribution in [0.1, 0.15) is 20.3 Å². The lowest BCUT2D eigenvalue weighted by Gasteiger charge is -2.06. The first-order chi connectivity index (χ1) is 3.72. The molecule has 0 aliphatic carbocycles. The molecule has 0 aromatic carbocycles. The average Bonchev–Trinajstić information content (AvgIpc) is 1.84. The third kappa shape index (κ3) is 2.32. The fourth-order valence-electron chi connectivity index (χ4n) is 0.334. The molecule has 2 unspecified atom stereocenters. The zero-order chi connectivity index (χ0) is 6.57. The lowest BCUT2D eigenvalue weighted by atomic mass is 10.1. The maximum Gasteiger partial charge on any atom is 0.104 e. The molecule has 0 spiro atoms. The molecule has 0 saturated heterocycles. The molecule has 0 aliphatic heterocycles. The van der Waals surface area contributed by atoms with Crippen molar-refractivity contribution in [3.05, 3.63) is 0 Å². The largest absolute Gasteiger partial charge is 0.197 e. The van der Waals surface area contributed by atoms with Crippen LogP contribution in [0.15, 0.2) is 0 Å². The number of alkyl halides is 1. The molecule has 0 aromatic rings. The normalized spacial score (nSPS) is 16.8. The van der Waals surface area contributed by atoms with Crippen molar-refractivity contribution < 1.29 is 0 Å². The molecule has 46 valence electrons. The van der Waals surface area contributed by atoms with Crippen molar-refractivity contribution in [2.45, 2.75) is 25.1 Å². The van der Waals surface area contributed by atoms with Gasteiger partial charge in [-0.05, 0) is 5.92 Å². The van der Waals surface area contributed by atoms with E-state index in [9.17, 15) is 0 Å². The maximum absolute atomic E-state index is 8.34. The van der Waals surface area contributed by atoms with Crippen molar-refractivity contribution in [2.75, 3.05) is 0 Å². The first kappa shape index (κ1) is 7.97. The third-order valence-corrected chi connectivity index (χ3v) is 2.37. The fraction of sp³-hybridized carbons (Fsp3) is 0.833. The first-order valence-corrected chi connectivity index (χ1v) is 3.67. The molecule has 0 rings (SSSR count). The Morgan fingerprint density at radius 1 is 1.75 bits per heavy atom. The van der Waals surface area contributed by atoms with E-state index >= 15 is 0 Å². The molecular weight excluding hydrogens is 166 g/mol. The van der Waals surface area contributed by atoms with Crippen molar-refractivity contribution in [2.24, 2.45) is 5.92 Å². The van der Waals surface area contributed by atoms with Crippen molar-refractivity contribution >= 4 is 15.9 Å². The first-order valence-electron chi connectivity index (χ1n) is 2.76. The summed E-state index contributed by atoms with van der Waals surface area (Å²) in [4.78, 5) is 0.0347. The molecule has 0 fully saturated rings. The summed E-state index contributed by atoms with van der Waals surface area (Å²) in [6.45, 7) is 4.14. The predicted molar refractivity (Wildman–Crippen MR) is 37.8 cm³/mol. The number of nitrogens with zero attached hydrogens (tertiary/aromatic N) is 1. The van der Waals surface area contributed by atoms with E-state index in [-0.39, 0.29) is 4.83 Å². The highest BCUT2D eigenvalue weighted by atomic mass is 79.9. The molecule has 0 aromatic heterocycles. The van der Waals surface area contributed by atoms with Gasteiger partial charge in [0.05, 0.1) is 6.07 Å². The second-order valence-electron chi connectivity index (χ2n) is 1.92. The summed E-state index contributed by atoms with van der Waals surface area (Å²) in [5.74, 6) is 0.472. The van der Waals surface area contributed by atoms with Gasteiger partial charge in [0.15, 0.2) is 0 Å². The molecular formula is C6H10BrN. The van der Waals surface area contributed by atoms with Gasteiger partial charge in [0, 0.05) is 0 Å². The summed E-state index contributed by atoms with van der Waals surface area (Å²) >= 11 is 3.24. The average molecular weight is 176 g/mol. The van der Waals surface area contributed by atoms with Crippen LogP contribution < -0.4 is 0 Å². The minimum absolute atomic E-state index is 0.0347. The van der Waals surface area contributed by atoms with E-state index in [4.69, 9.17) is 5.26 Å². The predicted octanol–water partition coefficient (Wildman–Crippen LogP) is 2.32. The van der Waals surface area contributed by atoms with E-state index in [0.717, 1.165) is 6.42 Å². The third-order valence-electron chi connectivity index (χ3n) is 1.27. The van der Waals surface area contributed by atoms with Crippen LogP contribution in [0.5, 0.6) is 0 Å². The Hall–Kier alpha value is -0.0300. The fourth-order valence-corrected chi connectivity index (χ4v) is 0.708. The van der Waals surface area contributed by atoms with E-state index < -0.39 is 0 Å². The Morgan fingerprint density at radius 3 is 2.38 bits per heavy atom. The molecule has 0 heterocycles. The van der Waals surface area contributed by atoms with E-state index in [2.05, 4.69) is 35.8 Å². The van der Waals surface area contributed by atoms with Crippen molar-refractivity contribution in [3.8, 4) is 6.07 Å².